The van der Waals surface area contributed by atoms with Crippen molar-refractivity contribution < 1.29 is 22.7 Å². The van der Waals surface area contributed by atoms with Gasteiger partial charge in [0, 0.05) is 12.1 Å². The fourth-order valence-electron chi connectivity index (χ4n) is 1.63. The van der Waals surface area contributed by atoms with Gasteiger partial charge in [0.15, 0.2) is 5.69 Å². The maximum Gasteiger partial charge on any atom is 0.573 e. The summed E-state index contributed by atoms with van der Waals surface area (Å²) < 4.78 is 41.6. The number of hydrogen-bond donors (Lipinski definition) is 1. The average molecular weight is 300 g/mol. The lowest BCUT2D eigenvalue weighted by atomic mass is 10.1. The van der Waals surface area contributed by atoms with Crippen LogP contribution in [0.15, 0.2) is 30.5 Å². The van der Waals surface area contributed by atoms with Crippen LogP contribution in [0.3, 0.4) is 0 Å². The first-order valence-electron chi connectivity index (χ1n) is 5.90. The van der Waals surface area contributed by atoms with Gasteiger partial charge in [0.2, 0.25) is 5.78 Å². The maximum absolute atomic E-state index is 12.1. The number of nitrogens with zero attached hydrogens (tertiary/aromatic N) is 3. The summed E-state index contributed by atoms with van der Waals surface area (Å²) in [6.07, 6.45) is -3.43. The smallest absolute Gasteiger partial charge is 0.406 e. The highest BCUT2D eigenvalue weighted by atomic mass is 19.4. The third-order valence-corrected chi connectivity index (χ3v) is 2.46. The largest absolute Gasteiger partial charge is 0.573 e. The zero-order chi connectivity index (χ0) is 15.5. The van der Waals surface area contributed by atoms with E-state index in [0.29, 0.717) is 13.1 Å². The molecule has 0 spiro atoms. The highest BCUT2D eigenvalue weighted by Gasteiger charge is 2.31. The van der Waals surface area contributed by atoms with Crippen LogP contribution in [0.4, 0.5) is 13.2 Å². The molecule has 1 heterocycles. The molecule has 2 N–H and O–H groups in total. The van der Waals surface area contributed by atoms with E-state index in [2.05, 4.69) is 15.0 Å². The molecular weight excluding hydrogens is 289 g/mol. The van der Waals surface area contributed by atoms with Crippen molar-refractivity contribution in [3.05, 3.63) is 41.7 Å². The van der Waals surface area contributed by atoms with Crippen molar-refractivity contribution in [2.45, 2.75) is 12.9 Å². The van der Waals surface area contributed by atoms with Crippen molar-refractivity contribution in [2.75, 3.05) is 6.54 Å². The third-order valence-electron chi connectivity index (χ3n) is 2.46. The first-order valence-corrected chi connectivity index (χ1v) is 5.90. The van der Waals surface area contributed by atoms with Crippen molar-refractivity contribution in [1.29, 1.82) is 0 Å². The predicted molar refractivity (Wildman–Crippen MR) is 65.6 cm³/mol. The van der Waals surface area contributed by atoms with E-state index in [1.54, 1.807) is 0 Å². The summed E-state index contributed by atoms with van der Waals surface area (Å²) in [6, 6.07) is 4.76. The Hall–Kier alpha value is -2.42. The van der Waals surface area contributed by atoms with Crippen LogP contribution in [0, 0.1) is 0 Å². The topological polar surface area (TPSA) is 83.0 Å². The molecule has 0 saturated carbocycles. The van der Waals surface area contributed by atoms with Crippen LogP contribution in [0.25, 0.3) is 0 Å². The molecule has 1 aromatic carbocycles. The second-order valence-corrected chi connectivity index (χ2v) is 4.06. The standard InChI is InChI=1S/C12H11F3N4O2/c13-12(14,15)21-9-3-1-2-8(6-9)11(20)10-7-19(5-4-16)18-17-10/h1-3,6-7H,4-5,16H2. The minimum atomic E-state index is -4.81. The second-order valence-electron chi connectivity index (χ2n) is 4.06. The summed E-state index contributed by atoms with van der Waals surface area (Å²) in [6.45, 7) is 0.712. The first kappa shape index (κ1) is 15.0. The number of rotatable bonds is 5. The SMILES string of the molecule is NCCn1cc(C(=O)c2cccc(OC(F)(F)F)c2)nn1. The van der Waals surface area contributed by atoms with Gasteiger partial charge in [-0.3, -0.25) is 9.48 Å². The number of ketones is 1. The minimum Gasteiger partial charge on any atom is -0.406 e. The van der Waals surface area contributed by atoms with Crippen molar-refractivity contribution in [2.24, 2.45) is 5.73 Å². The van der Waals surface area contributed by atoms with Crippen LogP contribution in [0.5, 0.6) is 5.75 Å². The lowest BCUT2D eigenvalue weighted by Crippen LogP contribution is -2.17. The lowest BCUT2D eigenvalue weighted by Gasteiger charge is -2.09. The average Bonchev–Trinajstić information content (AvgIpc) is 2.85. The summed E-state index contributed by atoms with van der Waals surface area (Å²) >= 11 is 0. The molecule has 9 heteroatoms. The molecule has 0 aliphatic carbocycles. The number of benzene rings is 1. The summed E-state index contributed by atoms with van der Waals surface area (Å²) in [5.41, 5.74) is 5.38. The van der Waals surface area contributed by atoms with Gasteiger partial charge in [-0.2, -0.15) is 0 Å². The number of hydrogen-bond acceptors (Lipinski definition) is 5. The number of carbonyl (C=O) groups excluding carboxylic acids is 1. The third kappa shape index (κ3) is 4.02. The molecule has 0 bridgehead atoms. The van der Waals surface area contributed by atoms with Crippen molar-refractivity contribution in [3.8, 4) is 5.75 Å². The van der Waals surface area contributed by atoms with Gasteiger partial charge >= 0.3 is 6.36 Å². The number of alkyl halides is 3. The normalized spacial score (nSPS) is 11.4. The Balaban J connectivity index is 2.20. The van der Waals surface area contributed by atoms with Gasteiger partial charge in [0.05, 0.1) is 12.7 Å². The Bertz CT molecular complexity index is 639. The molecule has 0 fully saturated rings. The number of aromatic nitrogens is 3. The summed E-state index contributed by atoms with van der Waals surface area (Å²) in [4.78, 5) is 12.1. The Labute approximate surface area is 117 Å². The van der Waals surface area contributed by atoms with Crippen LogP contribution in [0.1, 0.15) is 16.1 Å². The molecule has 21 heavy (non-hydrogen) atoms. The number of ether oxygens (including phenoxy) is 1. The maximum atomic E-state index is 12.1. The van der Waals surface area contributed by atoms with Crippen molar-refractivity contribution >= 4 is 5.78 Å². The molecule has 0 amide bonds. The van der Waals surface area contributed by atoms with Crippen LogP contribution in [-0.4, -0.2) is 33.7 Å². The van der Waals surface area contributed by atoms with Crippen LogP contribution in [0.2, 0.25) is 0 Å². The van der Waals surface area contributed by atoms with E-state index in [4.69, 9.17) is 5.73 Å². The van der Waals surface area contributed by atoms with Gasteiger partial charge in [-0.15, -0.1) is 18.3 Å². The molecule has 0 saturated heterocycles. The molecule has 0 aliphatic rings. The highest BCUT2D eigenvalue weighted by molar-refractivity contribution is 6.07. The van der Waals surface area contributed by atoms with Gasteiger partial charge in [-0.1, -0.05) is 17.3 Å². The summed E-state index contributed by atoms with van der Waals surface area (Å²) in [5.74, 6) is -1.02. The molecule has 0 atom stereocenters. The highest BCUT2D eigenvalue weighted by Crippen LogP contribution is 2.24. The van der Waals surface area contributed by atoms with E-state index in [1.807, 2.05) is 0 Å². The molecule has 0 unspecified atom stereocenters. The Morgan fingerprint density at radius 3 is 2.81 bits per heavy atom. The monoisotopic (exact) mass is 300 g/mol. The predicted octanol–water partition coefficient (Wildman–Crippen LogP) is 1.37. The number of carbonyl (C=O) groups is 1. The summed E-state index contributed by atoms with van der Waals surface area (Å²) in [5, 5.41) is 7.35. The second kappa shape index (κ2) is 5.92. The zero-order valence-corrected chi connectivity index (χ0v) is 10.7. The Kier molecular flexibility index (Phi) is 4.22. The molecule has 2 rings (SSSR count). The van der Waals surface area contributed by atoms with Gasteiger partial charge in [0.1, 0.15) is 5.75 Å². The van der Waals surface area contributed by atoms with Gasteiger partial charge in [-0.25, -0.2) is 0 Å². The van der Waals surface area contributed by atoms with Crippen molar-refractivity contribution in [1.82, 2.24) is 15.0 Å². The number of halogens is 3. The van der Waals surface area contributed by atoms with E-state index in [9.17, 15) is 18.0 Å². The van der Waals surface area contributed by atoms with Gasteiger partial charge in [0.25, 0.3) is 0 Å². The van der Waals surface area contributed by atoms with E-state index in [-0.39, 0.29) is 11.3 Å². The van der Waals surface area contributed by atoms with E-state index < -0.39 is 17.9 Å². The van der Waals surface area contributed by atoms with Crippen LogP contribution < -0.4 is 10.5 Å². The molecule has 0 radical (unpaired) electrons. The molecule has 112 valence electrons. The van der Waals surface area contributed by atoms with Crippen LogP contribution >= 0.6 is 0 Å². The first-order chi connectivity index (χ1) is 9.89. The summed E-state index contributed by atoms with van der Waals surface area (Å²) in [7, 11) is 0. The van der Waals surface area contributed by atoms with E-state index in [1.165, 1.54) is 23.0 Å². The number of nitrogens with two attached hydrogens (primary N) is 1. The molecule has 1 aromatic heterocycles. The fraction of sp³-hybridized carbons (Fsp3) is 0.250. The zero-order valence-electron chi connectivity index (χ0n) is 10.7. The molecular formula is C12H11F3N4O2. The van der Waals surface area contributed by atoms with Crippen molar-refractivity contribution in [3.63, 3.8) is 0 Å². The minimum absolute atomic E-state index is 0.0209. The Morgan fingerprint density at radius 2 is 2.14 bits per heavy atom. The van der Waals surface area contributed by atoms with E-state index in [0.717, 1.165) is 12.1 Å². The Morgan fingerprint density at radius 1 is 1.38 bits per heavy atom. The van der Waals surface area contributed by atoms with E-state index >= 15 is 0 Å². The lowest BCUT2D eigenvalue weighted by molar-refractivity contribution is -0.274. The van der Waals surface area contributed by atoms with Gasteiger partial charge in [-0.05, 0) is 12.1 Å². The molecule has 6 nitrogen and oxygen atoms in total. The fourth-order valence-corrected chi connectivity index (χ4v) is 1.63. The molecule has 0 aliphatic heterocycles. The van der Waals surface area contributed by atoms with Crippen LogP contribution in [-0.2, 0) is 6.54 Å². The van der Waals surface area contributed by atoms with Gasteiger partial charge < -0.3 is 10.5 Å². The quantitative estimate of drug-likeness (QED) is 0.843. The molecule has 2 aromatic rings.